The van der Waals surface area contributed by atoms with Gasteiger partial charge in [-0.1, -0.05) is 23.2 Å². The van der Waals surface area contributed by atoms with Crippen molar-refractivity contribution in [1.82, 2.24) is 20.5 Å². The van der Waals surface area contributed by atoms with Crippen molar-refractivity contribution in [3.8, 4) is 5.75 Å². The predicted octanol–water partition coefficient (Wildman–Crippen LogP) is 3.92. The fourth-order valence-electron chi connectivity index (χ4n) is 5.83. The minimum atomic E-state index is -1.10. The summed E-state index contributed by atoms with van der Waals surface area (Å²) in [6.07, 6.45) is 5.40. The highest BCUT2D eigenvalue weighted by atomic mass is 35.5. The normalized spacial score (nSPS) is 23.1. The zero-order chi connectivity index (χ0) is 28.3. The molecule has 3 aliphatic rings. The monoisotopic (exact) mass is 589 g/mol. The van der Waals surface area contributed by atoms with Crippen molar-refractivity contribution in [3.05, 3.63) is 52.1 Å². The number of carbonyl (C=O) groups is 2. The number of aromatic nitrogens is 1. The lowest BCUT2D eigenvalue weighted by molar-refractivity contribution is -0.135. The average Bonchev–Trinajstić information content (AvgIpc) is 3.20. The van der Waals surface area contributed by atoms with Crippen LogP contribution in [0.5, 0.6) is 5.75 Å². The molecule has 0 aliphatic carbocycles. The fourth-order valence-corrected chi connectivity index (χ4v) is 6.28. The third-order valence-electron chi connectivity index (χ3n) is 7.97. The number of piperidine rings is 1. The Morgan fingerprint density at radius 1 is 1.10 bits per heavy atom. The highest BCUT2D eigenvalue weighted by molar-refractivity contribution is 6.35. The number of carbonyl (C=O) groups excluding carboxylic acids is 2. The number of amides is 2. The molecular weight excluding hydrogens is 553 g/mol. The summed E-state index contributed by atoms with van der Waals surface area (Å²) in [5, 5.41) is 7.07. The molecule has 11 heteroatoms. The van der Waals surface area contributed by atoms with Crippen molar-refractivity contribution < 1.29 is 19.1 Å². The van der Waals surface area contributed by atoms with E-state index in [0.29, 0.717) is 27.9 Å². The van der Waals surface area contributed by atoms with E-state index in [1.807, 2.05) is 12.1 Å². The van der Waals surface area contributed by atoms with Crippen LogP contribution in [0.25, 0.3) is 0 Å². The largest absolute Gasteiger partial charge is 0.476 e. The van der Waals surface area contributed by atoms with Crippen LogP contribution in [-0.2, 0) is 9.53 Å². The van der Waals surface area contributed by atoms with Gasteiger partial charge >= 0.3 is 0 Å². The summed E-state index contributed by atoms with van der Waals surface area (Å²) in [4.78, 5) is 35.1. The van der Waals surface area contributed by atoms with Crippen LogP contribution in [0.1, 0.15) is 49.9 Å². The maximum atomic E-state index is 13.2. The van der Waals surface area contributed by atoms with Crippen LogP contribution in [0.3, 0.4) is 0 Å². The quantitative estimate of drug-likeness (QED) is 0.457. The third-order valence-corrected chi connectivity index (χ3v) is 8.50. The first kappa shape index (κ1) is 28.9. The molecular formula is C29H37Cl2N5O4. The van der Waals surface area contributed by atoms with Crippen LogP contribution in [0.4, 0.5) is 5.82 Å². The van der Waals surface area contributed by atoms with E-state index >= 15 is 0 Å². The second-order valence-corrected chi connectivity index (χ2v) is 12.1. The van der Waals surface area contributed by atoms with Crippen molar-refractivity contribution in [2.75, 3.05) is 44.3 Å². The van der Waals surface area contributed by atoms with Crippen LogP contribution < -0.4 is 20.3 Å². The third kappa shape index (κ3) is 6.82. The number of anilines is 1. The SMILES string of the molecule is CC(C)(Oc1ccc(Cl)cc1Cl)C(=O)NC1CC2CCC(C1)N2c1ccc(C(=O)NCCN2CCOCC2)cn1. The van der Waals surface area contributed by atoms with Gasteiger partial charge in [-0.05, 0) is 69.9 Å². The number of hydrogen-bond acceptors (Lipinski definition) is 7. The Kier molecular flexibility index (Phi) is 9.05. The zero-order valence-electron chi connectivity index (χ0n) is 23.0. The second-order valence-electron chi connectivity index (χ2n) is 11.2. The molecule has 2 unspecified atom stereocenters. The number of halogens is 2. The number of benzene rings is 1. The molecule has 0 spiro atoms. The molecule has 216 valence electrons. The molecule has 9 nitrogen and oxygen atoms in total. The molecule has 0 radical (unpaired) electrons. The second kappa shape index (κ2) is 12.5. The Morgan fingerprint density at radius 3 is 2.48 bits per heavy atom. The van der Waals surface area contributed by atoms with Gasteiger partial charge in [0.05, 0.1) is 23.8 Å². The van der Waals surface area contributed by atoms with E-state index in [0.717, 1.165) is 64.3 Å². The Balaban J connectivity index is 1.13. The van der Waals surface area contributed by atoms with Gasteiger partial charge in [-0.15, -0.1) is 0 Å². The number of rotatable bonds is 9. The van der Waals surface area contributed by atoms with Crippen molar-refractivity contribution in [2.24, 2.45) is 0 Å². The molecule has 2 bridgehead atoms. The van der Waals surface area contributed by atoms with E-state index in [-0.39, 0.29) is 29.9 Å². The Bertz CT molecular complexity index is 1190. The van der Waals surface area contributed by atoms with Gasteiger partial charge in [0.1, 0.15) is 11.6 Å². The molecule has 4 heterocycles. The maximum absolute atomic E-state index is 13.2. The maximum Gasteiger partial charge on any atom is 0.263 e. The van der Waals surface area contributed by atoms with Gasteiger partial charge in [-0.2, -0.15) is 0 Å². The van der Waals surface area contributed by atoms with Gasteiger partial charge in [0.2, 0.25) is 0 Å². The number of nitrogens with zero attached hydrogens (tertiary/aromatic N) is 3. The fraction of sp³-hybridized carbons (Fsp3) is 0.552. The smallest absolute Gasteiger partial charge is 0.263 e. The Hall–Kier alpha value is -2.59. The molecule has 2 atom stereocenters. The summed E-state index contributed by atoms with van der Waals surface area (Å²) in [6.45, 7) is 8.18. The molecule has 2 aromatic rings. The molecule has 1 aromatic carbocycles. The summed E-state index contributed by atoms with van der Waals surface area (Å²) < 4.78 is 11.3. The number of fused-ring (bicyclic) bond motifs is 2. The highest BCUT2D eigenvalue weighted by Crippen LogP contribution is 2.39. The molecule has 3 saturated heterocycles. The number of hydrogen-bond donors (Lipinski definition) is 2. The number of nitrogens with one attached hydrogen (secondary N) is 2. The van der Waals surface area contributed by atoms with Gasteiger partial charge < -0.3 is 25.0 Å². The van der Waals surface area contributed by atoms with E-state index in [9.17, 15) is 9.59 Å². The molecule has 3 aliphatic heterocycles. The molecule has 1 aromatic heterocycles. The summed E-state index contributed by atoms with van der Waals surface area (Å²) in [5.41, 5.74) is -0.545. The van der Waals surface area contributed by atoms with Crippen LogP contribution in [0, 0.1) is 0 Å². The number of morpholine rings is 1. The molecule has 3 fully saturated rings. The number of ether oxygens (including phenoxy) is 2. The van der Waals surface area contributed by atoms with E-state index in [2.05, 4.69) is 25.4 Å². The number of pyridine rings is 1. The molecule has 2 amide bonds. The van der Waals surface area contributed by atoms with Crippen LogP contribution >= 0.6 is 23.2 Å². The zero-order valence-corrected chi connectivity index (χ0v) is 24.5. The lowest BCUT2D eigenvalue weighted by Crippen LogP contribution is -2.55. The lowest BCUT2D eigenvalue weighted by atomic mass is 9.96. The van der Waals surface area contributed by atoms with Crippen molar-refractivity contribution in [3.63, 3.8) is 0 Å². The van der Waals surface area contributed by atoms with Gasteiger partial charge in [-0.25, -0.2) is 4.98 Å². The van der Waals surface area contributed by atoms with Crippen molar-refractivity contribution in [1.29, 1.82) is 0 Å². The summed E-state index contributed by atoms with van der Waals surface area (Å²) in [5.74, 6) is 1.00. The van der Waals surface area contributed by atoms with Gasteiger partial charge in [-0.3, -0.25) is 14.5 Å². The van der Waals surface area contributed by atoms with E-state index in [1.165, 1.54) is 0 Å². The Morgan fingerprint density at radius 2 is 1.82 bits per heavy atom. The summed E-state index contributed by atoms with van der Waals surface area (Å²) in [7, 11) is 0. The van der Waals surface area contributed by atoms with Gasteiger partial charge in [0, 0.05) is 55.5 Å². The van der Waals surface area contributed by atoms with Crippen molar-refractivity contribution >= 4 is 40.8 Å². The van der Waals surface area contributed by atoms with Crippen LogP contribution in [0.2, 0.25) is 10.0 Å². The molecule has 2 N–H and O–H groups in total. The van der Waals surface area contributed by atoms with Crippen LogP contribution in [-0.4, -0.2) is 84.8 Å². The molecule has 5 rings (SSSR count). The molecule has 0 saturated carbocycles. The lowest BCUT2D eigenvalue weighted by Gasteiger charge is -2.40. The average molecular weight is 591 g/mol. The highest BCUT2D eigenvalue weighted by Gasteiger charge is 2.43. The van der Waals surface area contributed by atoms with E-state index in [1.54, 1.807) is 38.2 Å². The summed E-state index contributed by atoms with van der Waals surface area (Å²) in [6, 6.07) is 9.34. The minimum absolute atomic E-state index is 0.0429. The van der Waals surface area contributed by atoms with E-state index in [4.69, 9.17) is 32.7 Å². The van der Waals surface area contributed by atoms with Gasteiger partial charge in [0.25, 0.3) is 11.8 Å². The Labute approximate surface area is 245 Å². The minimum Gasteiger partial charge on any atom is -0.476 e. The first-order valence-corrected chi connectivity index (χ1v) is 14.7. The standard InChI is InChI=1S/C29H37Cl2N5O4/c1-29(2,40-25-7-4-20(30)15-24(25)31)28(38)34-21-16-22-5-6-23(17-21)36(22)26-8-3-19(18-33-26)27(37)32-9-10-35-11-13-39-14-12-35/h3-4,7-8,15,18,21-23H,5-6,9-14,16-17H2,1-2H3,(H,32,37)(H,34,38). The first-order chi connectivity index (χ1) is 19.2. The predicted molar refractivity (Wildman–Crippen MR) is 155 cm³/mol. The van der Waals surface area contributed by atoms with Crippen LogP contribution in [0.15, 0.2) is 36.5 Å². The van der Waals surface area contributed by atoms with Crippen molar-refractivity contribution in [2.45, 2.75) is 63.3 Å². The van der Waals surface area contributed by atoms with Gasteiger partial charge in [0.15, 0.2) is 5.60 Å². The molecule has 40 heavy (non-hydrogen) atoms. The summed E-state index contributed by atoms with van der Waals surface area (Å²) >= 11 is 12.2. The van der Waals surface area contributed by atoms with E-state index < -0.39 is 5.60 Å². The topological polar surface area (TPSA) is 96.0 Å². The first-order valence-electron chi connectivity index (χ1n) is 14.0.